The quantitative estimate of drug-likeness (QED) is 0.708. The first-order chi connectivity index (χ1) is 13.9. The van der Waals surface area contributed by atoms with Crippen molar-refractivity contribution in [1.82, 2.24) is 5.32 Å². The van der Waals surface area contributed by atoms with Crippen molar-refractivity contribution < 1.29 is 9.15 Å². The lowest BCUT2D eigenvalue weighted by Crippen LogP contribution is -2.46. The predicted molar refractivity (Wildman–Crippen MR) is 110 cm³/mol. The number of para-hydroxylation sites is 1. The van der Waals surface area contributed by atoms with E-state index >= 15 is 0 Å². The zero-order chi connectivity index (χ0) is 18.8. The highest BCUT2D eigenvalue weighted by atomic mass is 16.5. The molecule has 28 heavy (non-hydrogen) atoms. The summed E-state index contributed by atoms with van der Waals surface area (Å²) >= 11 is 0. The van der Waals surface area contributed by atoms with Crippen molar-refractivity contribution in [3.8, 4) is 0 Å². The molecule has 5 heteroatoms. The number of ether oxygens (including phenoxy) is 1. The number of nitrogens with one attached hydrogen (secondary N) is 1. The number of fused-ring (bicyclic) bond motifs is 1. The second-order valence-electron chi connectivity index (χ2n) is 7.13. The van der Waals surface area contributed by atoms with Gasteiger partial charge in [0.05, 0.1) is 17.9 Å². The van der Waals surface area contributed by atoms with E-state index in [2.05, 4.69) is 46.6 Å². The molecule has 1 aromatic heterocycles. The summed E-state index contributed by atoms with van der Waals surface area (Å²) in [7, 11) is 0. The Morgan fingerprint density at radius 1 is 1.00 bits per heavy atom. The highest BCUT2D eigenvalue weighted by Gasteiger charge is 2.34. The highest BCUT2D eigenvalue weighted by molar-refractivity contribution is 6.12. The van der Waals surface area contributed by atoms with Gasteiger partial charge in [-0.2, -0.15) is 4.99 Å². The maximum absolute atomic E-state index is 5.83. The Kier molecular flexibility index (Phi) is 4.69. The fraction of sp³-hybridized carbons (Fsp3) is 0.261. The van der Waals surface area contributed by atoms with E-state index < -0.39 is 0 Å². The summed E-state index contributed by atoms with van der Waals surface area (Å²) in [6, 6.07) is 22.6. The van der Waals surface area contributed by atoms with Crippen LogP contribution in [0.5, 0.6) is 0 Å². The standard InChI is InChI=1S/C23H23N3O2/c1-3-8-17(9-4-1)21-25-23-20(13-15-28-23)22(24-16-19-12-7-14-27-19)26(21)18-10-5-2-6-11-18/h1-6,8-11,13,15,19,22,24H,7,12,14,16H2/t19-,22-/m0/s1. The lowest BCUT2D eigenvalue weighted by atomic mass is 10.1. The second kappa shape index (κ2) is 7.62. The minimum Gasteiger partial charge on any atom is -0.446 e. The molecule has 0 spiro atoms. The van der Waals surface area contributed by atoms with Gasteiger partial charge in [0.2, 0.25) is 5.88 Å². The summed E-state index contributed by atoms with van der Waals surface area (Å²) in [6.45, 7) is 1.65. The Balaban J connectivity index is 1.57. The Labute approximate surface area is 164 Å². The van der Waals surface area contributed by atoms with Gasteiger partial charge >= 0.3 is 0 Å². The van der Waals surface area contributed by atoms with Gasteiger partial charge in [-0.3, -0.25) is 5.32 Å². The van der Waals surface area contributed by atoms with Gasteiger partial charge in [-0.1, -0.05) is 48.5 Å². The van der Waals surface area contributed by atoms with E-state index in [4.69, 9.17) is 14.1 Å². The van der Waals surface area contributed by atoms with Gasteiger partial charge in [-0.05, 0) is 31.0 Å². The van der Waals surface area contributed by atoms with Crippen molar-refractivity contribution in [3.63, 3.8) is 0 Å². The lowest BCUT2D eigenvalue weighted by molar-refractivity contribution is 0.107. The largest absolute Gasteiger partial charge is 0.446 e. The molecule has 0 bridgehead atoms. The minimum atomic E-state index is -0.0759. The number of furan rings is 1. The molecule has 3 heterocycles. The van der Waals surface area contributed by atoms with E-state index in [0.29, 0.717) is 5.88 Å². The van der Waals surface area contributed by atoms with Crippen LogP contribution in [0.2, 0.25) is 0 Å². The maximum atomic E-state index is 5.83. The number of hydrogen-bond acceptors (Lipinski definition) is 5. The molecule has 3 aromatic rings. The van der Waals surface area contributed by atoms with E-state index in [1.807, 2.05) is 30.3 Å². The van der Waals surface area contributed by atoms with Crippen LogP contribution in [0.1, 0.15) is 30.1 Å². The number of anilines is 1. The molecule has 1 fully saturated rings. The molecular weight excluding hydrogens is 350 g/mol. The smallest absolute Gasteiger partial charge is 0.227 e. The van der Waals surface area contributed by atoms with Crippen LogP contribution < -0.4 is 10.2 Å². The summed E-state index contributed by atoms with van der Waals surface area (Å²) in [5.74, 6) is 1.54. The molecule has 5 nitrogen and oxygen atoms in total. The third-order valence-electron chi connectivity index (χ3n) is 5.29. The fourth-order valence-electron chi connectivity index (χ4n) is 3.92. The molecule has 0 saturated carbocycles. The van der Waals surface area contributed by atoms with Gasteiger partial charge < -0.3 is 14.1 Å². The molecule has 0 radical (unpaired) electrons. The Morgan fingerprint density at radius 2 is 1.79 bits per heavy atom. The van der Waals surface area contributed by atoms with Gasteiger partial charge in [0.25, 0.3) is 0 Å². The van der Waals surface area contributed by atoms with Crippen LogP contribution in [0.3, 0.4) is 0 Å². The van der Waals surface area contributed by atoms with E-state index in [9.17, 15) is 0 Å². The van der Waals surface area contributed by atoms with Crippen molar-refractivity contribution in [1.29, 1.82) is 0 Å². The van der Waals surface area contributed by atoms with E-state index in [1.165, 1.54) is 0 Å². The van der Waals surface area contributed by atoms with Crippen molar-refractivity contribution in [2.24, 2.45) is 4.99 Å². The zero-order valence-electron chi connectivity index (χ0n) is 15.6. The van der Waals surface area contributed by atoms with Crippen LogP contribution in [-0.4, -0.2) is 25.1 Å². The maximum Gasteiger partial charge on any atom is 0.227 e. The SMILES string of the molecule is c1ccc(C2=Nc3occc3[C@@H](NC[C@@H]3CCCO3)N2c2ccccc2)cc1. The first-order valence-corrected chi connectivity index (χ1v) is 9.81. The number of aliphatic imine (C=N–C) groups is 1. The second-order valence-corrected chi connectivity index (χ2v) is 7.13. The minimum absolute atomic E-state index is 0.0759. The molecule has 2 aromatic carbocycles. The van der Waals surface area contributed by atoms with Crippen molar-refractivity contribution in [2.75, 3.05) is 18.1 Å². The number of rotatable bonds is 5. The monoisotopic (exact) mass is 373 g/mol. The molecule has 2 aliphatic heterocycles. The number of amidine groups is 1. The molecule has 1 N–H and O–H groups in total. The van der Waals surface area contributed by atoms with E-state index in [-0.39, 0.29) is 12.3 Å². The first kappa shape index (κ1) is 17.2. The van der Waals surface area contributed by atoms with Crippen LogP contribution in [-0.2, 0) is 4.74 Å². The van der Waals surface area contributed by atoms with Gasteiger partial charge in [-0.15, -0.1) is 0 Å². The summed E-state index contributed by atoms with van der Waals surface area (Å²) < 4.78 is 11.5. The van der Waals surface area contributed by atoms with E-state index in [0.717, 1.165) is 48.6 Å². The van der Waals surface area contributed by atoms with Crippen molar-refractivity contribution >= 4 is 17.4 Å². The normalized spacial score (nSPS) is 21.4. The van der Waals surface area contributed by atoms with Crippen molar-refractivity contribution in [2.45, 2.75) is 25.1 Å². The predicted octanol–water partition coefficient (Wildman–Crippen LogP) is 4.65. The Bertz CT molecular complexity index is 946. The summed E-state index contributed by atoms with van der Waals surface area (Å²) in [5.41, 5.74) is 3.18. The zero-order valence-corrected chi connectivity index (χ0v) is 15.6. The molecule has 0 aliphatic carbocycles. The van der Waals surface area contributed by atoms with Gasteiger partial charge in [0, 0.05) is 24.4 Å². The molecular formula is C23H23N3O2. The summed E-state index contributed by atoms with van der Waals surface area (Å²) in [5, 5.41) is 3.71. The first-order valence-electron chi connectivity index (χ1n) is 9.81. The summed E-state index contributed by atoms with van der Waals surface area (Å²) in [4.78, 5) is 7.12. The summed E-state index contributed by atoms with van der Waals surface area (Å²) in [6.07, 6.45) is 4.13. The average molecular weight is 373 g/mol. The van der Waals surface area contributed by atoms with Crippen LogP contribution in [0, 0.1) is 0 Å². The molecule has 0 amide bonds. The van der Waals surface area contributed by atoms with Crippen LogP contribution in [0.15, 0.2) is 82.4 Å². The lowest BCUT2D eigenvalue weighted by Gasteiger charge is -2.37. The van der Waals surface area contributed by atoms with Crippen LogP contribution in [0.25, 0.3) is 0 Å². The molecule has 1 saturated heterocycles. The molecule has 0 unspecified atom stereocenters. The Morgan fingerprint density at radius 3 is 2.54 bits per heavy atom. The third-order valence-corrected chi connectivity index (χ3v) is 5.29. The molecule has 5 rings (SSSR count). The van der Waals surface area contributed by atoms with Gasteiger partial charge in [0.15, 0.2) is 0 Å². The molecule has 142 valence electrons. The number of hydrogen-bond donors (Lipinski definition) is 1. The molecule has 2 atom stereocenters. The van der Waals surface area contributed by atoms with Gasteiger partial charge in [0.1, 0.15) is 12.0 Å². The fourth-order valence-corrected chi connectivity index (χ4v) is 3.92. The van der Waals surface area contributed by atoms with Crippen molar-refractivity contribution in [3.05, 3.63) is 84.1 Å². The highest BCUT2D eigenvalue weighted by Crippen LogP contribution is 2.38. The van der Waals surface area contributed by atoms with Crippen LogP contribution in [0.4, 0.5) is 11.6 Å². The van der Waals surface area contributed by atoms with Crippen LogP contribution >= 0.6 is 0 Å². The van der Waals surface area contributed by atoms with Gasteiger partial charge in [-0.25, -0.2) is 0 Å². The topological polar surface area (TPSA) is 50.0 Å². The molecule has 2 aliphatic rings. The third kappa shape index (κ3) is 3.23. The van der Waals surface area contributed by atoms with E-state index in [1.54, 1.807) is 6.26 Å². The number of benzene rings is 2. The Hall–Kier alpha value is -2.89. The average Bonchev–Trinajstić information content (AvgIpc) is 3.44. The number of nitrogens with zero attached hydrogens (tertiary/aromatic N) is 2.